The van der Waals surface area contributed by atoms with Crippen LogP contribution in [0.25, 0.3) is 0 Å². The van der Waals surface area contributed by atoms with Crippen LogP contribution in [0.2, 0.25) is 0 Å². The van der Waals surface area contributed by atoms with Gasteiger partial charge in [-0.1, -0.05) is 19.1 Å². The van der Waals surface area contributed by atoms with E-state index in [1.807, 2.05) is 25.1 Å². The van der Waals surface area contributed by atoms with Gasteiger partial charge in [-0.25, -0.2) is 0 Å². The fraction of sp³-hybridized carbons (Fsp3) is 0.385. The molecule has 1 rings (SSSR count). The van der Waals surface area contributed by atoms with Gasteiger partial charge >= 0.3 is 0 Å². The SMILES string of the molecule is CCC(C#N)N(CC(N)=O)Cc1cccc(N)c1. The molecule has 0 bridgehead atoms. The first-order valence-electron chi connectivity index (χ1n) is 5.83. The summed E-state index contributed by atoms with van der Waals surface area (Å²) in [6, 6.07) is 9.24. The van der Waals surface area contributed by atoms with Crippen molar-refractivity contribution in [2.75, 3.05) is 12.3 Å². The van der Waals surface area contributed by atoms with Gasteiger partial charge in [-0.15, -0.1) is 0 Å². The Morgan fingerprint density at radius 3 is 2.78 bits per heavy atom. The summed E-state index contributed by atoms with van der Waals surface area (Å²) in [6.45, 7) is 2.46. The van der Waals surface area contributed by atoms with E-state index >= 15 is 0 Å². The third kappa shape index (κ3) is 4.07. The highest BCUT2D eigenvalue weighted by Gasteiger charge is 2.18. The van der Waals surface area contributed by atoms with E-state index in [-0.39, 0.29) is 12.6 Å². The van der Waals surface area contributed by atoms with Crippen molar-refractivity contribution in [2.24, 2.45) is 5.73 Å². The van der Waals surface area contributed by atoms with Gasteiger partial charge in [-0.3, -0.25) is 9.69 Å². The molecule has 1 unspecified atom stereocenters. The number of carbonyl (C=O) groups excluding carboxylic acids is 1. The molecule has 1 aromatic rings. The molecule has 5 nitrogen and oxygen atoms in total. The molecule has 5 heteroatoms. The van der Waals surface area contributed by atoms with Gasteiger partial charge < -0.3 is 11.5 Å². The molecule has 1 amide bonds. The Hall–Kier alpha value is -2.06. The van der Waals surface area contributed by atoms with Crippen LogP contribution in [0.1, 0.15) is 18.9 Å². The van der Waals surface area contributed by atoms with E-state index < -0.39 is 5.91 Å². The molecule has 1 aromatic carbocycles. The molecule has 0 saturated carbocycles. The number of amides is 1. The minimum atomic E-state index is -0.437. The summed E-state index contributed by atoms with van der Waals surface area (Å²) in [7, 11) is 0. The monoisotopic (exact) mass is 246 g/mol. The molecule has 0 fully saturated rings. The molecule has 0 saturated heterocycles. The number of rotatable bonds is 6. The van der Waals surface area contributed by atoms with Gasteiger partial charge in [0.1, 0.15) is 0 Å². The molecule has 4 N–H and O–H groups in total. The number of carbonyl (C=O) groups is 1. The lowest BCUT2D eigenvalue weighted by atomic mass is 10.1. The normalized spacial score (nSPS) is 12.1. The smallest absolute Gasteiger partial charge is 0.231 e. The zero-order valence-electron chi connectivity index (χ0n) is 10.5. The molecule has 96 valence electrons. The predicted octanol–water partition coefficient (Wildman–Crippen LogP) is 0.858. The number of hydrogen-bond donors (Lipinski definition) is 2. The summed E-state index contributed by atoms with van der Waals surface area (Å²) in [5, 5.41) is 9.07. The topological polar surface area (TPSA) is 96.1 Å². The Kier molecular flexibility index (Phi) is 5.15. The maximum atomic E-state index is 11.0. The van der Waals surface area contributed by atoms with E-state index in [1.165, 1.54) is 0 Å². The predicted molar refractivity (Wildman–Crippen MR) is 70.2 cm³/mol. The summed E-state index contributed by atoms with van der Waals surface area (Å²) in [4.78, 5) is 12.8. The number of benzene rings is 1. The van der Waals surface area contributed by atoms with Crippen LogP contribution in [0.3, 0.4) is 0 Å². The maximum Gasteiger partial charge on any atom is 0.231 e. The Bertz CT molecular complexity index is 453. The van der Waals surface area contributed by atoms with Crippen LogP contribution in [-0.4, -0.2) is 23.4 Å². The molecule has 1 atom stereocenters. The van der Waals surface area contributed by atoms with Gasteiger partial charge in [0.2, 0.25) is 5.91 Å². The molecule has 0 radical (unpaired) electrons. The quantitative estimate of drug-likeness (QED) is 0.727. The van der Waals surface area contributed by atoms with Crippen molar-refractivity contribution in [3.63, 3.8) is 0 Å². The Balaban J connectivity index is 2.84. The second kappa shape index (κ2) is 6.62. The van der Waals surface area contributed by atoms with Crippen molar-refractivity contribution in [3.05, 3.63) is 29.8 Å². The van der Waals surface area contributed by atoms with Gasteiger partial charge in [-0.05, 0) is 24.1 Å². The highest BCUT2D eigenvalue weighted by molar-refractivity contribution is 5.76. The first-order valence-corrected chi connectivity index (χ1v) is 5.83. The summed E-state index contributed by atoms with van der Waals surface area (Å²) < 4.78 is 0. The third-order valence-electron chi connectivity index (χ3n) is 2.67. The third-order valence-corrected chi connectivity index (χ3v) is 2.67. The zero-order chi connectivity index (χ0) is 13.5. The van der Waals surface area contributed by atoms with Gasteiger partial charge in [-0.2, -0.15) is 5.26 Å². The number of hydrogen-bond acceptors (Lipinski definition) is 4. The molecule has 18 heavy (non-hydrogen) atoms. The molecular formula is C13H18N4O. The standard InChI is InChI=1S/C13H18N4O/c1-2-12(7-14)17(9-13(16)18)8-10-4-3-5-11(15)6-10/h3-6,12H,2,8-9,15H2,1H3,(H2,16,18). The Morgan fingerprint density at radius 1 is 1.56 bits per heavy atom. The van der Waals surface area contributed by atoms with Gasteiger partial charge in [0, 0.05) is 12.2 Å². The summed E-state index contributed by atoms with van der Waals surface area (Å²) in [6.07, 6.45) is 0.645. The van der Waals surface area contributed by atoms with Crippen LogP contribution in [0, 0.1) is 11.3 Å². The highest BCUT2D eigenvalue weighted by Crippen LogP contribution is 2.12. The number of anilines is 1. The number of nitrogen functional groups attached to an aromatic ring is 1. The van der Waals surface area contributed by atoms with Gasteiger partial charge in [0.05, 0.1) is 18.7 Å². The van der Waals surface area contributed by atoms with Crippen molar-refractivity contribution >= 4 is 11.6 Å². The molecule has 0 heterocycles. The van der Waals surface area contributed by atoms with Crippen LogP contribution in [0.4, 0.5) is 5.69 Å². The van der Waals surface area contributed by atoms with Crippen LogP contribution >= 0.6 is 0 Å². The van der Waals surface area contributed by atoms with Crippen molar-refractivity contribution in [1.29, 1.82) is 5.26 Å². The second-order valence-electron chi connectivity index (χ2n) is 4.17. The minimum absolute atomic E-state index is 0.0703. The largest absolute Gasteiger partial charge is 0.399 e. The Labute approximate surface area is 107 Å². The summed E-state index contributed by atoms with van der Waals surface area (Å²) in [5.74, 6) is -0.437. The molecule has 0 aliphatic carbocycles. The minimum Gasteiger partial charge on any atom is -0.399 e. The Morgan fingerprint density at radius 2 is 2.28 bits per heavy atom. The number of nitriles is 1. The van der Waals surface area contributed by atoms with Crippen molar-refractivity contribution in [3.8, 4) is 6.07 Å². The van der Waals surface area contributed by atoms with Crippen LogP contribution in [-0.2, 0) is 11.3 Å². The molecular weight excluding hydrogens is 228 g/mol. The lowest BCUT2D eigenvalue weighted by Gasteiger charge is -2.25. The van der Waals surface area contributed by atoms with E-state index in [0.717, 1.165) is 5.56 Å². The fourth-order valence-electron chi connectivity index (χ4n) is 1.83. The summed E-state index contributed by atoms with van der Waals surface area (Å²) >= 11 is 0. The second-order valence-corrected chi connectivity index (χ2v) is 4.17. The number of primary amides is 1. The van der Waals surface area contributed by atoms with E-state index in [0.29, 0.717) is 18.7 Å². The van der Waals surface area contributed by atoms with Gasteiger partial charge in [0.15, 0.2) is 0 Å². The first-order chi connectivity index (χ1) is 8.56. The van der Waals surface area contributed by atoms with E-state index in [4.69, 9.17) is 16.7 Å². The number of nitrogens with zero attached hydrogens (tertiary/aromatic N) is 2. The lowest BCUT2D eigenvalue weighted by molar-refractivity contribution is -0.119. The van der Waals surface area contributed by atoms with Crippen LogP contribution < -0.4 is 11.5 Å². The van der Waals surface area contributed by atoms with E-state index in [1.54, 1.807) is 11.0 Å². The van der Waals surface area contributed by atoms with Crippen molar-refractivity contribution in [2.45, 2.75) is 25.9 Å². The zero-order valence-corrected chi connectivity index (χ0v) is 10.5. The molecule has 0 spiro atoms. The fourth-order valence-corrected chi connectivity index (χ4v) is 1.83. The lowest BCUT2D eigenvalue weighted by Crippen LogP contribution is -2.39. The molecule has 0 aliphatic heterocycles. The van der Waals surface area contributed by atoms with Gasteiger partial charge in [0.25, 0.3) is 0 Å². The average Bonchev–Trinajstić information content (AvgIpc) is 2.29. The maximum absolute atomic E-state index is 11.0. The number of nitrogens with two attached hydrogens (primary N) is 2. The van der Waals surface area contributed by atoms with Crippen molar-refractivity contribution < 1.29 is 4.79 Å². The highest BCUT2D eigenvalue weighted by atomic mass is 16.1. The van der Waals surface area contributed by atoms with Crippen LogP contribution in [0.5, 0.6) is 0 Å². The molecule has 0 aliphatic rings. The van der Waals surface area contributed by atoms with E-state index in [9.17, 15) is 4.79 Å². The van der Waals surface area contributed by atoms with Crippen molar-refractivity contribution in [1.82, 2.24) is 4.90 Å². The molecule has 0 aromatic heterocycles. The average molecular weight is 246 g/mol. The first kappa shape index (κ1) is 14.0. The van der Waals surface area contributed by atoms with Crippen LogP contribution in [0.15, 0.2) is 24.3 Å². The van der Waals surface area contributed by atoms with E-state index in [2.05, 4.69) is 6.07 Å². The summed E-state index contributed by atoms with van der Waals surface area (Å²) in [5.41, 5.74) is 12.5.